The van der Waals surface area contributed by atoms with Crippen LogP contribution in [0.2, 0.25) is 0 Å². The summed E-state index contributed by atoms with van der Waals surface area (Å²) >= 11 is 0. The molecule has 0 saturated carbocycles. The number of imidazole rings is 1. The summed E-state index contributed by atoms with van der Waals surface area (Å²) in [7, 11) is 0. The Hall–Kier alpha value is -1.70. The van der Waals surface area contributed by atoms with Gasteiger partial charge in [0.2, 0.25) is 6.33 Å². The molecule has 1 N–H and O–H groups in total. The van der Waals surface area contributed by atoms with Gasteiger partial charge in [0.15, 0.2) is 0 Å². The zero-order valence-corrected chi connectivity index (χ0v) is 15.0. The smallest absolute Gasteiger partial charge is 0.250 e. The standard InChI is InChI=1S/C15H15F13N2/c1-2-3-4-9(30-6-5-29-8-30)7-10(16,17)11(18,19)12(20,21)13(22,23)14(24,25)15(26,27)28/h5-6,8-9H,2-4,7H2,1H3/p+1. The molecule has 1 heterocycles. The van der Waals surface area contributed by atoms with Crippen molar-refractivity contribution in [1.29, 1.82) is 0 Å². The lowest BCUT2D eigenvalue weighted by Gasteiger charge is -2.40. The Morgan fingerprint density at radius 3 is 1.67 bits per heavy atom. The van der Waals surface area contributed by atoms with Crippen LogP contribution in [0, 0.1) is 0 Å². The van der Waals surface area contributed by atoms with Crippen LogP contribution in [0.1, 0.15) is 38.6 Å². The number of hydrogen-bond donors (Lipinski definition) is 1. The van der Waals surface area contributed by atoms with Crippen LogP contribution in [-0.4, -0.2) is 40.8 Å². The largest absolute Gasteiger partial charge is 0.460 e. The molecule has 0 aromatic carbocycles. The van der Waals surface area contributed by atoms with Crippen molar-refractivity contribution in [3.8, 4) is 0 Å². The summed E-state index contributed by atoms with van der Waals surface area (Å²) in [5.41, 5.74) is 0. The third-order valence-electron chi connectivity index (χ3n) is 4.37. The predicted octanol–water partition coefficient (Wildman–Crippen LogP) is 6.16. The van der Waals surface area contributed by atoms with Gasteiger partial charge in [-0.2, -0.15) is 57.1 Å². The number of aromatic amines is 1. The van der Waals surface area contributed by atoms with Crippen LogP contribution in [0.15, 0.2) is 18.7 Å². The van der Waals surface area contributed by atoms with Gasteiger partial charge in [-0.25, -0.2) is 4.57 Å². The lowest BCUT2D eigenvalue weighted by atomic mass is 9.90. The number of nitrogens with one attached hydrogen (secondary N) is 1. The van der Waals surface area contributed by atoms with Crippen molar-refractivity contribution in [2.75, 3.05) is 0 Å². The van der Waals surface area contributed by atoms with Crippen molar-refractivity contribution in [2.24, 2.45) is 0 Å². The molecule has 1 unspecified atom stereocenters. The minimum atomic E-state index is -7.87. The summed E-state index contributed by atoms with van der Waals surface area (Å²) < 4.78 is 172. The van der Waals surface area contributed by atoms with E-state index in [0.29, 0.717) is 6.42 Å². The molecule has 0 fully saturated rings. The maximum absolute atomic E-state index is 14.1. The molecule has 0 saturated heterocycles. The number of nitrogens with zero attached hydrogens (tertiary/aromatic N) is 1. The van der Waals surface area contributed by atoms with Crippen LogP contribution < -0.4 is 4.57 Å². The normalized spacial score (nSPS) is 16.1. The van der Waals surface area contributed by atoms with E-state index >= 15 is 0 Å². The Labute approximate surface area is 161 Å². The fraction of sp³-hybridized carbons (Fsp3) is 0.800. The van der Waals surface area contributed by atoms with Gasteiger partial charge in [-0.1, -0.05) is 13.3 Å². The molecule has 1 rings (SSSR count). The first kappa shape index (κ1) is 26.3. The molecule has 1 aromatic rings. The summed E-state index contributed by atoms with van der Waals surface area (Å²) in [5.74, 6) is -36.7. The number of alkyl halides is 13. The number of hydrogen-bond acceptors (Lipinski definition) is 0. The van der Waals surface area contributed by atoms with Crippen LogP contribution in [0.25, 0.3) is 0 Å². The van der Waals surface area contributed by atoms with Crippen LogP contribution in [0.3, 0.4) is 0 Å². The first-order valence-electron chi connectivity index (χ1n) is 8.27. The molecular formula is C15H16F13N2+. The SMILES string of the molecule is CCCCC(CC(F)(F)C(F)(F)C(F)(F)C(F)(F)C(F)(F)C(F)(F)F)[n+]1cc[nH]c1. The predicted molar refractivity (Wildman–Crippen MR) is 75.0 cm³/mol. The second kappa shape index (κ2) is 8.09. The number of H-pyrrole nitrogens is 1. The van der Waals surface area contributed by atoms with Crippen LogP contribution in [0.5, 0.6) is 0 Å². The van der Waals surface area contributed by atoms with E-state index in [1.165, 1.54) is 0 Å². The fourth-order valence-electron chi connectivity index (χ4n) is 2.55. The minimum absolute atomic E-state index is 0.100. The maximum Gasteiger partial charge on any atom is 0.460 e. The first-order chi connectivity index (χ1) is 13.3. The quantitative estimate of drug-likeness (QED) is 0.312. The Balaban J connectivity index is 3.36. The minimum Gasteiger partial charge on any atom is -0.250 e. The van der Waals surface area contributed by atoms with E-state index in [4.69, 9.17) is 0 Å². The summed E-state index contributed by atoms with van der Waals surface area (Å²) in [5, 5.41) is 0. The van der Waals surface area contributed by atoms with E-state index in [2.05, 4.69) is 4.98 Å². The molecule has 0 bridgehead atoms. The maximum atomic E-state index is 14.1. The molecule has 0 aliphatic heterocycles. The average molecular weight is 471 g/mol. The summed E-state index contributed by atoms with van der Waals surface area (Å²) in [6, 6.07) is -1.68. The second-order valence-electron chi connectivity index (χ2n) is 6.56. The summed E-state index contributed by atoms with van der Waals surface area (Å²) in [4.78, 5) is 2.34. The van der Waals surface area contributed by atoms with Gasteiger partial charge >= 0.3 is 35.8 Å². The molecule has 1 aromatic heterocycles. The Morgan fingerprint density at radius 1 is 0.767 bits per heavy atom. The Kier molecular flexibility index (Phi) is 7.11. The monoisotopic (exact) mass is 471 g/mol. The van der Waals surface area contributed by atoms with Crippen molar-refractivity contribution in [3.63, 3.8) is 0 Å². The van der Waals surface area contributed by atoms with E-state index in [1.807, 2.05) is 0 Å². The van der Waals surface area contributed by atoms with Crippen LogP contribution in [-0.2, 0) is 0 Å². The molecular weight excluding hydrogens is 455 g/mol. The highest BCUT2D eigenvalue weighted by Gasteiger charge is 2.90. The van der Waals surface area contributed by atoms with Crippen molar-refractivity contribution >= 4 is 0 Å². The first-order valence-corrected chi connectivity index (χ1v) is 8.27. The molecule has 176 valence electrons. The zero-order valence-electron chi connectivity index (χ0n) is 15.0. The van der Waals surface area contributed by atoms with Gasteiger partial charge in [-0.3, -0.25) is 4.98 Å². The molecule has 0 amide bonds. The van der Waals surface area contributed by atoms with Gasteiger partial charge in [0.25, 0.3) is 0 Å². The Bertz CT molecular complexity index is 679. The average Bonchev–Trinajstić information content (AvgIpc) is 3.11. The second-order valence-corrected chi connectivity index (χ2v) is 6.56. The topological polar surface area (TPSA) is 19.7 Å². The van der Waals surface area contributed by atoms with Gasteiger partial charge in [-0.05, 0) is 12.8 Å². The lowest BCUT2D eigenvalue weighted by Crippen LogP contribution is -2.70. The van der Waals surface area contributed by atoms with Crippen molar-refractivity contribution in [2.45, 2.75) is 74.4 Å². The lowest BCUT2D eigenvalue weighted by molar-refractivity contribution is -0.726. The number of halogens is 13. The molecule has 0 radical (unpaired) electrons. The van der Waals surface area contributed by atoms with E-state index in [-0.39, 0.29) is 12.8 Å². The van der Waals surface area contributed by atoms with E-state index in [9.17, 15) is 57.1 Å². The highest BCUT2D eigenvalue weighted by Crippen LogP contribution is 2.61. The highest BCUT2D eigenvalue weighted by molar-refractivity contribution is 5.10. The van der Waals surface area contributed by atoms with E-state index < -0.39 is 48.3 Å². The van der Waals surface area contributed by atoms with Gasteiger partial charge in [0, 0.05) is 0 Å². The molecule has 0 aliphatic carbocycles. The van der Waals surface area contributed by atoms with E-state index in [0.717, 1.165) is 23.3 Å². The third-order valence-corrected chi connectivity index (χ3v) is 4.37. The van der Waals surface area contributed by atoms with Crippen LogP contribution in [0.4, 0.5) is 57.1 Å². The van der Waals surface area contributed by atoms with E-state index in [1.54, 1.807) is 6.92 Å². The fourth-order valence-corrected chi connectivity index (χ4v) is 2.55. The van der Waals surface area contributed by atoms with Gasteiger partial charge in [0.05, 0.1) is 6.42 Å². The van der Waals surface area contributed by atoms with Crippen molar-refractivity contribution < 1.29 is 61.6 Å². The molecule has 0 aliphatic rings. The Morgan fingerprint density at radius 2 is 1.27 bits per heavy atom. The number of unbranched alkanes of at least 4 members (excludes halogenated alkanes) is 1. The van der Waals surface area contributed by atoms with Crippen molar-refractivity contribution in [1.82, 2.24) is 4.98 Å². The zero-order chi connectivity index (χ0) is 23.8. The molecule has 30 heavy (non-hydrogen) atoms. The molecule has 15 heteroatoms. The van der Waals surface area contributed by atoms with Gasteiger partial charge in [0.1, 0.15) is 18.4 Å². The summed E-state index contributed by atoms with van der Waals surface area (Å²) in [6.45, 7) is 1.56. The molecule has 2 nitrogen and oxygen atoms in total. The highest BCUT2D eigenvalue weighted by atomic mass is 19.4. The van der Waals surface area contributed by atoms with Gasteiger partial charge in [-0.15, -0.1) is 0 Å². The van der Waals surface area contributed by atoms with Crippen LogP contribution >= 0.6 is 0 Å². The molecule has 1 atom stereocenters. The molecule has 0 spiro atoms. The van der Waals surface area contributed by atoms with Crippen molar-refractivity contribution in [3.05, 3.63) is 18.7 Å². The number of aromatic nitrogens is 2. The third kappa shape index (κ3) is 4.20. The summed E-state index contributed by atoms with van der Waals surface area (Å²) in [6.07, 6.45) is -6.42. The van der Waals surface area contributed by atoms with Gasteiger partial charge < -0.3 is 0 Å². The number of rotatable bonds is 10.